The fraction of sp³-hybridized carbons (Fsp3) is 0.170. The number of aromatic nitrogens is 1. The molecule has 0 bridgehead atoms. The zero-order valence-electron chi connectivity index (χ0n) is 32.9. The Labute approximate surface area is 323 Å². The van der Waals surface area contributed by atoms with E-state index in [9.17, 15) is 0 Å². The average molecular weight is 711 g/mol. The Kier molecular flexibility index (Phi) is 7.42. The minimum Gasteiger partial charge on any atom is -0.310 e. The number of benzene rings is 8. The van der Waals surface area contributed by atoms with Crippen molar-refractivity contribution < 1.29 is 0 Å². The Morgan fingerprint density at radius 3 is 1.84 bits per heavy atom. The van der Waals surface area contributed by atoms with Crippen molar-refractivity contribution >= 4 is 76.7 Å². The van der Waals surface area contributed by atoms with E-state index in [0.29, 0.717) is 0 Å². The van der Waals surface area contributed by atoms with Crippen molar-refractivity contribution in [2.24, 2.45) is 0 Å². The fourth-order valence-electron chi connectivity index (χ4n) is 9.12. The van der Waals surface area contributed by atoms with Crippen LogP contribution in [0.5, 0.6) is 0 Å². The summed E-state index contributed by atoms with van der Waals surface area (Å²) >= 11 is 0. The van der Waals surface area contributed by atoms with E-state index in [1.807, 2.05) is 0 Å². The zero-order valence-corrected chi connectivity index (χ0v) is 32.9. The first kappa shape index (κ1) is 33.4. The number of aryl methyl sites for hydroxylation is 4. The van der Waals surface area contributed by atoms with Crippen molar-refractivity contribution in [3.05, 3.63) is 167 Å². The highest BCUT2D eigenvalue weighted by molar-refractivity contribution is 6.29. The molecule has 268 valence electrons. The first-order chi connectivity index (χ1) is 26.6. The lowest BCUT2D eigenvalue weighted by Crippen LogP contribution is -2.13. The number of hydrogen-bond acceptors (Lipinski definition) is 1. The summed E-state index contributed by atoms with van der Waals surface area (Å²) in [5.74, 6) is 0. The Balaban J connectivity index is 1.27. The molecule has 0 atom stereocenters. The number of rotatable bonds is 5. The lowest BCUT2D eigenvalue weighted by atomic mass is 9.87. The van der Waals surface area contributed by atoms with E-state index in [1.165, 1.54) is 98.6 Å². The van der Waals surface area contributed by atoms with Gasteiger partial charge in [-0.1, -0.05) is 106 Å². The molecule has 0 unspecified atom stereocenters. The first-order valence-electron chi connectivity index (χ1n) is 19.7. The number of fused-ring (bicyclic) bond motifs is 8. The molecular weight excluding hydrogens is 665 g/mol. The molecule has 0 saturated carbocycles. The third kappa shape index (κ3) is 5.23. The summed E-state index contributed by atoms with van der Waals surface area (Å²) in [6.45, 7) is 15.8. The van der Waals surface area contributed by atoms with Gasteiger partial charge < -0.3 is 9.30 Å². The van der Waals surface area contributed by atoms with Gasteiger partial charge in [-0.2, -0.15) is 0 Å². The van der Waals surface area contributed by atoms with E-state index in [1.54, 1.807) is 0 Å². The molecule has 55 heavy (non-hydrogen) atoms. The summed E-state index contributed by atoms with van der Waals surface area (Å²) in [5.41, 5.74) is 16.6. The van der Waals surface area contributed by atoms with Crippen LogP contribution in [0.2, 0.25) is 0 Å². The molecule has 2 aromatic heterocycles. The quantitative estimate of drug-likeness (QED) is 0.173. The minimum atomic E-state index is 0.0871. The number of hydrogen-bond donors (Lipinski definition) is 0. The molecule has 2 heteroatoms. The largest absolute Gasteiger partial charge is 0.310 e. The summed E-state index contributed by atoms with van der Waals surface area (Å²) < 4.78 is 2.57. The van der Waals surface area contributed by atoms with Crippen LogP contribution >= 0.6 is 0 Å². The van der Waals surface area contributed by atoms with Gasteiger partial charge >= 0.3 is 0 Å². The van der Waals surface area contributed by atoms with E-state index >= 15 is 0 Å². The minimum absolute atomic E-state index is 0.0871. The van der Waals surface area contributed by atoms with Crippen LogP contribution in [0, 0.1) is 20.8 Å². The smallest absolute Gasteiger partial charge is 0.0626 e. The van der Waals surface area contributed by atoms with Gasteiger partial charge in [0.1, 0.15) is 0 Å². The second-order valence-corrected chi connectivity index (χ2v) is 16.8. The predicted octanol–water partition coefficient (Wildman–Crippen LogP) is 15.1. The fourth-order valence-corrected chi connectivity index (χ4v) is 9.12. The summed E-state index contributed by atoms with van der Waals surface area (Å²) in [4.78, 5) is 2.41. The van der Waals surface area contributed by atoms with Gasteiger partial charge in [0.05, 0.1) is 16.6 Å². The highest BCUT2D eigenvalue weighted by Crippen LogP contribution is 2.48. The summed E-state index contributed by atoms with van der Waals surface area (Å²) in [7, 11) is 0. The summed E-state index contributed by atoms with van der Waals surface area (Å²) in [5, 5.41) is 10.3. The molecular formula is C53H46N2. The van der Waals surface area contributed by atoms with Crippen molar-refractivity contribution in [3.63, 3.8) is 0 Å². The van der Waals surface area contributed by atoms with Crippen LogP contribution in [0.15, 0.2) is 140 Å². The molecule has 0 amide bonds. The maximum Gasteiger partial charge on any atom is 0.0626 e. The lowest BCUT2D eigenvalue weighted by Gasteiger charge is -2.27. The summed E-state index contributed by atoms with van der Waals surface area (Å²) in [6.07, 6.45) is 1.02. The third-order valence-electron chi connectivity index (χ3n) is 12.1. The molecule has 0 aliphatic rings. The second kappa shape index (κ2) is 12.2. The van der Waals surface area contributed by atoms with Gasteiger partial charge in [0.2, 0.25) is 0 Å². The van der Waals surface area contributed by atoms with E-state index in [2.05, 4.69) is 197 Å². The lowest BCUT2D eigenvalue weighted by molar-refractivity contribution is 0.590. The molecule has 10 rings (SSSR count). The first-order valence-corrected chi connectivity index (χ1v) is 19.7. The van der Waals surface area contributed by atoms with Crippen molar-refractivity contribution in [3.8, 4) is 11.1 Å². The molecule has 0 N–H and O–H groups in total. The van der Waals surface area contributed by atoms with Crippen LogP contribution in [-0.2, 0) is 11.8 Å². The van der Waals surface area contributed by atoms with Gasteiger partial charge in [-0.05, 0) is 154 Å². The maximum atomic E-state index is 2.57. The molecule has 0 aliphatic heterocycles. The molecule has 10 aromatic rings. The number of nitrogens with zero attached hydrogens (tertiary/aromatic N) is 2. The molecule has 8 aromatic carbocycles. The Morgan fingerprint density at radius 2 is 1.15 bits per heavy atom. The van der Waals surface area contributed by atoms with Gasteiger partial charge in [-0.25, -0.2) is 0 Å². The van der Waals surface area contributed by atoms with Crippen LogP contribution in [0.1, 0.15) is 55.5 Å². The third-order valence-corrected chi connectivity index (χ3v) is 12.1. The normalized spacial score (nSPS) is 12.3. The average Bonchev–Trinajstić information content (AvgIpc) is 3.66. The molecule has 0 saturated heterocycles. The standard InChI is InChI=1S/C53H46N2/c1-8-35-14-20-41(21-15-35)54(42-23-18-40(19-24-42)53(5,6)7)43-22-17-37-29-47-49(31-39(37)27-43)55-48-30-38-25-32(2)13-16-36(38)28-45(48)46-26-34(4)50(51(47)52(46)55)44-12-10-9-11-33(44)3/h9-31H,8H2,1-7H3. The Bertz CT molecular complexity index is 3120. The number of anilines is 3. The van der Waals surface area contributed by atoms with Crippen LogP contribution in [-0.4, -0.2) is 4.40 Å². The van der Waals surface area contributed by atoms with Crippen LogP contribution in [0.25, 0.3) is 70.8 Å². The molecule has 0 aliphatic carbocycles. The topological polar surface area (TPSA) is 7.65 Å². The summed E-state index contributed by atoms with van der Waals surface area (Å²) in [6, 6.07) is 53.1. The molecule has 2 nitrogen and oxygen atoms in total. The Morgan fingerprint density at radius 1 is 0.527 bits per heavy atom. The monoisotopic (exact) mass is 710 g/mol. The van der Waals surface area contributed by atoms with Crippen molar-refractivity contribution in [1.82, 2.24) is 4.40 Å². The van der Waals surface area contributed by atoms with Gasteiger partial charge in [0.25, 0.3) is 0 Å². The predicted molar refractivity (Wildman–Crippen MR) is 239 cm³/mol. The van der Waals surface area contributed by atoms with Gasteiger partial charge in [-0.3, -0.25) is 0 Å². The highest BCUT2D eigenvalue weighted by atomic mass is 15.1. The van der Waals surface area contributed by atoms with Crippen molar-refractivity contribution in [2.45, 2.75) is 60.3 Å². The zero-order chi connectivity index (χ0) is 37.7. The molecule has 2 heterocycles. The molecule has 0 spiro atoms. The van der Waals surface area contributed by atoms with E-state index in [0.717, 1.165) is 23.5 Å². The SMILES string of the molecule is CCc1ccc(N(c2ccc(C(C)(C)C)cc2)c2ccc3cc4c5c(-c6ccccc6C)c(C)cc6c7cc8ccc(C)cc8cc7n(c4cc3c2)c65)cc1. The van der Waals surface area contributed by atoms with Gasteiger partial charge in [-0.15, -0.1) is 0 Å². The highest BCUT2D eigenvalue weighted by Gasteiger charge is 2.24. The van der Waals surface area contributed by atoms with Crippen LogP contribution < -0.4 is 4.90 Å². The van der Waals surface area contributed by atoms with Gasteiger partial charge in [0, 0.05) is 38.6 Å². The van der Waals surface area contributed by atoms with Crippen molar-refractivity contribution in [2.75, 3.05) is 4.90 Å². The maximum absolute atomic E-state index is 2.57. The van der Waals surface area contributed by atoms with Gasteiger partial charge in [0.15, 0.2) is 0 Å². The van der Waals surface area contributed by atoms with Crippen LogP contribution in [0.4, 0.5) is 17.1 Å². The molecule has 0 radical (unpaired) electrons. The van der Waals surface area contributed by atoms with E-state index < -0.39 is 0 Å². The van der Waals surface area contributed by atoms with E-state index in [-0.39, 0.29) is 5.41 Å². The molecule has 0 fully saturated rings. The second-order valence-electron chi connectivity index (χ2n) is 16.8. The Hall–Kier alpha value is -6.12. The van der Waals surface area contributed by atoms with E-state index in [4.69, 9.17) is 0 Å². The van der Waals surface area contributed by atoms with Crippen molar-refractivity contribution in [1.29, 1.82) is 0 Å². The van der Waals surface area contributed by atoms with Crippen LogP contribution in [0.3, 0.4) is 0 Å².